The first-order valence-electron chi connectivity index (χ1n) is 10.3. The molecule has 0 saturated carbocycles. The number of benzene rings is 2. The number of thiophene rings is 1. The second-order valence-electron chi connectivity index (χ2n) is 7.43. The molecule has 0 saturated heterocycles. The molecule has 4 aromatic rings. The van der Waals surface area contributed by atoms with Crippen LogP contribution in [0.4, 0.5) is 0 Å². The molecule has 0 aliphatic carbocycles. The highest BCUT2D eigenvalue weighted by Crippen LogP contribution is 2.29. The third-order valence-corrected chi connectivity index (χ3v) is 6.40. The van der Waals surface area contributed by atoms with Crippen LogP contribution in [-0.2, 0) is 13.1 Å². The number of aliphatic imine (C=N–C) groups is 1. The van der Waals surface area contributed by atoms with E-state index in [-0.39, 0.29) is 0 Å². The minimum atomic E-state index is -0.585. The van der Waals surface area contributed by atoms with Gasteiger partial charge in [0, 0.05) is 48.7 Å². The highest BCUT2D eigenvalue weighted by molar-refractivity contribution is 7.19. The SMILES string of the molecule is CN=C(NCc1cccc(Cn2ccnc2C)c1)NCC(O)c1cc2ccccc2s1. The smallest absolute Gasteiger partial charge is 0.191 e. The Kier molecular flexibility index (Phi) is 6.64. The summed E-state index contributed by atoms with van der Waals surface area (Å²) in [5.74, 6) is 1.67. The number of fused-ring (bicyclic) bond motifs is 1. The fourth-order valence-corrected chi connectivity index (χ4v) is 4.52. The Morgan fingerprint density at radius 1 is 1.13 bits per heavy atom. The summed E-state index contributed by atoms with van der Waals surface area (Å²) < 4.78 is 3.31. The van der Waals surface area contributed by atoms with E-state index in [0.29, 0.717) is 19.0 Å². The highest BCUT2D eigenvalue weighted by Gasteiger charge is 2.12. The van der Waals surface area contributed by atoms with Crippen molar-refractivity contribution in [2.24, 2.45) is 4.99 Å². The van der Waals surface area contributed by atoms with Crippen molar-refractivity contribution in [1.29, 1.82) is 0 Å². The second kappa shape index (κ2) is 9.76. The number of aliphatic hydroxyl groups is 1. The topological polar surface area (TPSA) is 74.5 Å². The number of nitrogens with zero attached hydrogens (tertiary/aromatic N) is 3. The summed E-state index contributed by atoms with van der Waals surface area (Å²) in [4.78, 5) is 9.51. The predicted molar refractivity (Wildman–Crippen MR) is 127 cm³/mol. The second-order valence-corrected chi connectivity index (χ2v) is 8.55. The van der Waals surface area contributed by atoms with E-state index in [1.165, 1.54) is 15.8 Å². The Hall–Kier alpha value is -3.16. The average Bonchev–Trinajstić information content (AvgIpc) is 3.40. The molecule has 0 amide bonds. The predicted octanol–water partition coefficient (Wildman–Crippen LogP) is 3.85. The fraction of sp³-hybridized carbons (Fsp3) is 0.250. The van der Waals surface area contributed by atoms with E-state index in [4.69, 9.17) is 0 Å². The van der Waals surface area contributed by atoms with Crippen molar-refractivity contribution in [3.8, 4) is 0 Å². The number of guanidine groups is 1. The zero-order chi connectivity index (χ0) is 21.6. The molecule has 0 aliphatic rings. The van der Waals surface area contributed by atoms with Crippen LogP contribution in [-0.4, -0.2) is 34.2 Å². The van der Waals surface area contributed by atoms with Gasteiger partial charge in [0.2, 0.25) is 0 Å². The Bertz CT molecular complexity index is 1150. The van der Waals surface area contributed by atoms with Crippen LogP contribution in [0.1, 0.15) is 27.9 Å². The number of aryl methyl sites for hydroxylation is 1. The van der Waals surface area contributed by atoms with Gasteiger partial charge in [0.05, 0.1) is 0 Å². The van der Waals surface area contributed by atoms with Crippen LogP contribution >= 0.6 is 11.3 Å². The van der Waals surface area contributed by atoms with Crippen molar-refractivity contribution in [3.63, 3.8) is 0 Å². The zero-order valence-electron chi connectivity index (χ0n) is 17.7. The first-order chi connectivity index (χ1) is 15.1. The monoisotopic (exact) mass is 433 g/mol. The van der Waals surface area contributed by atoms with Crippen molar-refractivity contribution in [2.45, 2.75) is 26.1 Å². The minimum Gasteiger partial charge on any atom is -0.386 e. The molecule has 0 bridgehead atoms. The first kappa shape index (κ1) is 21.1. The third-order valence-electron chi connectivity index (χ3n) is 5.19. The van der Waals surface area contributed by atoms with Crippen molar-refractivity contribution < 1.29 is 5.11 Å². The summed E-state index contributed by atoms with van der Waals surface area (Å²) >= 11 is 1.62. The van der Waals surface area contributed by atoms with E-state index in [1.807, 2.05) is 31.5 Å². The number of aromatic nitrogens is 2. The quantitative estimate of drug-likeness (QED) is 0.306. The Morgan fingerprint density at radius 2 is 1.97 bits per heavy atom. The molecule has 3 N–H and O–H groups in total. The van der Waals surface area contributed by atoms with E-state index in [1.54, 1.807) is 18.4 Å². The van der Waals surface area contributed by atoms with Crippen LogP contribution in [0.3, 0.4) is 0 Å². The Morgan fingerprint density at radius 3 is 2.74 bits per heavy atom. The number of aliphatic hydroxyl groups excluding tert-OH is 1. The molecule has 0 aliphatic heterocycles. The van der Waals surface area contributed by atoms with E-state index in [2.05, 4.69) is 67.6 Å². The minimum absolute atomic E-state index is 0.395. The lowest BCUT2D eigenvalue weighted by atomic mass is 10.1. The molecule has 0 fully saturated rings. The van der Waals surface area contributed by atoms with Gasteiger partial charge >= 0.3 is 0 Å². The van der Waals surface area contributed by atoms with Crippen LogP contribution in [0.5, 0.6) is 0 Å². The van der Waals surface area contributed by atoms with Crippen LogP contribution < -0.4 is 10.6 Å². The number of nitrogens with one attached hydrogen (secondary N) is 2. The molecular formula is C24H27N5OS. The normalized spacial score (nSPS) is 12.8. The summed E-state index contributed by atoms with van der Waals surface area (Å²) in [6.07, 6.45) is 3.23. The van der Waals surface area contributed by atoms with Crippen LogP contribution in [0.15, 0.2) is 72.0 Å². The lowest BCUT2D eigenvalue weighted by Gasteiger charge is -2.15. The maximum Gasteiger partial charge on any atom is 0.191 e. The van der Waals surface area contributed by atoms with Gasteiger partial charge in [0.1, 0.15) is 11.9 Å². The molecule has 4 rings (SSSR count). The third kappa shape index (κ3) is 5.31. The van der Waals surface area contributed by atoms with Gasteiger partial charge < -0.3 is 20.3 Å². The zero-order valence-corrected chi connectivity index (χ0v) is 18.6. The van der Waals surface area contributed by atoms with Crippen molar-refractivity contribution in [1.82, 2.24) is 20.2 Å². The van der Waals surface area contributed by atoms with Gasteiger partial charge in [0.25, 0.3) is 0 Å². The summed E-state index contributed by atoms with van der Waals surface area (Å²) in [5.41, 5.74) is 2.40. The molecule has 2 heterocycles. The van der Waals surface area contributed by atoms with Gasteiger partial charge in [-0.3, -0.25) is 4.99 Å². The maximum absolute atomic E-state index is 10.6. The number of hydrogen-bond donors (Lipinski definition) is 3. The largest absolute Gasteiger partial charge is 0.386 e. The standard InChI is InChI=1S/C24H27N5OS/c1-17-26-10-11-29(17)16-19-7-5-6-18(12-19)14-27-24(25-2)28-15-21(30)23-13-20-8-3-4-9-22(20)31-23/h3-13,21,30H,14-16H2,1-2H3,(H2,25,27,28). The van der Waals surface area contributed by atoms with Crippen LogP contribution in [0.2, 0.25) is 0 Å². The van der Waals surface area contributed by atoms with Gasteiger partial charge in [-0.1, -0.05) is 42.5 Å². The van der Waals surface area contributed by atoms with Gasteiger partial charge in [-0.25, -0.2) is 4.98 Å². The summed E-state index contributed by atoms with van der Waals surface area (Å²) in [7, 11) is 1.74. The van der Waals surface area contributed by atoms with Gasteiger partial charge in [-0.15, -0.1) is 11.3 Å². The van der Waals surface area contributed by atoms with E-state index < -0.39 is 6.10 Å². The molecule has 6 nitrogen and oxygen atoms in total. The molecular weight excluding hydrogens is 406 g/mol. The Labute approximate surface area is 186 Å². The highest BCUT2D eigenvalue weighted by atomic mass is 32.1. The van der Waals surface area contributed by atoms with Gasteiger partial charge in [-0.05, 0) is 35.6 Å². The fourth-order valence-electron chi connectivity index (χ4n) is 3.47. The van der Waals surface area contributed by atoms with Crippen LogP contribution in [0.25, 0.3) is 10.1 Å². The van der Waals surface area contributed by atoms with Crippen molar-refractivity contribution >= 4 is 27.4 Å². The molecule has 0 spiro atoms. The molecule has 160 valence electrons. The molecule has 1 atom stereocenters. The van der Waals surface area contributed by atoms with Crippen LogP contribution in [0, 0.1) is 6.92 Å². The summed E-state index contributed by atoms with van der Waals surface area (Å²) in [6, 6.07) is 18.7. The number of imidazole rings is 1. The lowest BCUT2D eigenvalue weighted by molar-refractivity contribution is 0.184. The van der Waals surface area contributed by atoms with Gasteiger partial charge in [-0.2, -0.15) is 0 Å². The molecule has 2 aromatic heterocycles. The van der Waals surface area contributed by atoms with E-state index >= 15 is 0 Å². The van der Waals surface area contributed by atoms with Crippen molar-refractivity contribution in [2.75, 3.05) is 13.6 Å². The van der Waals surface area contributed by atoms with E-state index in [9.17, 15) is 5.11 Å². The first-order valence-corrected chi connectivity index (χ1v) is 11.1. The molecule has 0 radical (unpaired) electrons. The van der Waals surface area contributed by atoms with E-state index in [0.717, 1.165) is 22.6 Å². The summed E-state index contributed by atoms with van der Waals surface area (Å²) in [5, 5.41) is 18.3. The van der Waals surface area contributed by atoms with Gasteiger partial charge in [0.15, 0.2) is 5.96 Å². The molecule has 31 heavy (non-hydrogen) atoms. The average molecular weight is 434 g/mol. The maximum atomic E-state index is 10.6. The molecule has 7 heteroatoms. The molecule has 2 aromatic carbocycles. The summed E-state index contributed by atoms with van der Waals surface area (Å²) in [6.45, 7) is 3.85. The Balaban J connectivity index is 1.31. The molecule has 1 unspecified atom stereocenters. The number of hydrogen-bond acceptors (Lipinski definition) is 4. The number of rotatable bonds is 7. The lowest BCUT2D eigenvalue weighted by Crippen LogP contribution is -2.38. The van der Waals surface area contributed by atoms with Crippen molar-refractivity contribution in [3.05, 3.63) is 88.8 Å².